The highest BCUT2D eigenvalue weighted by Gasteiger charge is 2.30. The lowest BCUT2D eigenvalue weighted by Gasteiger charge is -2.08. The van der Waals surface area contributed by atoms with E-state index in [1.165, 1.54) is 23.0 Å². The van der Waals surface area contributed by atoms with Crippen LogP contribution < -0.4 is 0 Å². The van der Waals surface area contributed by atoms with E-state index in [-0.39, 0.29) is 17.1 Å². The van der Waals surface area contributed by atoms with Crippen molar-refractivity contribution in [2.24, 2.45) is 0 Å². The molecular weight excluding hydrogens is 297 g/mol. The Kier molecular flexibility index (Phi) is 3.14. The summed E-state index contributed by atoms with van der Waals surface area (Å²) in [6.45, 7) is 0. The molecular formula is C13H7F3N6. The first kappa shape index (κ1) is 13.8. The van der Waals surface area contributed by atoms with Gasteiger partial charge in [0.1, 0.15) is 11.8 Å². The van der Waals surface area contributed by atoms with Gasteiger partial charge in [0, 0.05) is 6.20 Å². The zero-order valence-corrected chi connectivity index (χ0v) is 10.8. The van der Waals surface area contributed by atoms with E-state index in [2.05, 4.69) is 20.5 Å². The number of H-pyrrole nitrogens is 1. The second-order valence-electron chi connectivity index (χ2n) is 4.33. The lowest BCUT2D eigenvalue weighted by molar-refractivity contribution is -0.137. The number of halogens is 3. The van der Waals surface area contributed by atoms with Gasteiger partial charge in [-0.25, -0.2) is 4.68 Å². The van der Waals surface area contributed by atoms with Crippen molar-refractivity contribution in [3.05, 3.63) is 47.8 Å². The molecule has 3 aromatic rings. The fraction of sp³-hybridized carbons (Fsp3) is 0.0769. The van der Waals surface area contributed by atoms with Gasteiger partial charge in [-0.3, -0.25) is 0 Å². The van der Waals surface area contributed by atoms with E-state index in [0.29, 0.717) is 5.69 Å². The van der Waals surface area contributed by atoms with E-state index < -0.39 is 11.7 Å². The molecule has 0 aliphatic carbocycles. The smallest absolute Gasteiger partial charge is 0.240 e. The second-order valence-corrected chi connectivity index (χ2v) is 4.33. The quantitative estimate of drug-likeness (QED) is 0.788. The van der Waals surface area contributed by atoms with E-state index in [4.69, 9.17) is 5.26 Å². The van der Waals surface area contributed by atoms with Crippen LogP contribution >= 0.6 is 0 Å². The van der Waals surface area contributed by atoms with Crippen molar-refractivity contribution >= 4 is 0 Å². The third-order valence-corrected chi connectivity index (χ3v) is 2.92. The maximum Gasteiger partial charge on any atom is 0.416 e. The molecule has 6 nitrogen and oxygen atoms in total. The lowest BCUT2D eigenvalue weighted by Crippen LogP contribution is -2.06. The topological polar surface area (TPSA) is 83.2 Å². The van der Waals surface area contributed by atoms with Gasteiger partial charge in [-0.05, 0) is 24.3 Å². The number of alkyl halides is 3. The number of nitrogens with one attached hydrogen (secondary N) is 1. The minimum Gasteiger partial charge on any atom is -0.240 e. The van der Waals surface area contributed by atoms with Crippen molar-refractivity contribution in [2.75, 3.05) is 0 Å². The monoisotopic (exact) mass is 304 g/mol. The zero-order valence-electron chi connectivity index (χ0n) is 10.8. The molecule has 0 amide bonds. The van der Waals surface area contributed by atoms with Gasteiger partial charge in [-0.1, -0.05) is 6.07 Å². The average Bonchev–Trinajstić information content (AvgIpc) is 3.15. The number of aromatic nitrogens is 5. The predicted octanol–water partition coefficient (Wildman–Crippen LogP) is 2.55. The molecule has 2 heterocycles. The Hall–Kier alpha value is -3.15. The SMILES string of the molecule is N#Cc1n[nH]nc1-c1ccn(-c2cccc(C(F)(F)F)c2)n1. The molecule has 0 radical (unpaired) electrons. The van der Waals surface area contributed by atoms with Crippen molar-refractivity contribution in [1.29, 1.82) is 5.26 Å². The first-order valence-corrected chi connectivity index (χ1v) is 6.03. The zero-order chi connectivity index (χ0) is 15.7. The molecule has 1 aromatic carbocycles. The molecule has 0 saturated heterocycles. The minimum atomic E-state index is -4.42. The third kappa shape index (κ3) is 2.42. The highest BCUT2D eigenvalue weighted by Crippen LogP contribution is 2.30. The largest absolute Gasteiger partial charge is 0.416 e. The molecule has 22 heavy (non-hydrogen) atoms. The van der Waals surface area contributed by atoms with E-state index in [0.717, 1.165) is 12.1 Å². The third-order valence-electron chi connectivity index (χ3n) is 2.92. The Bertz CT molecular complexity index is 855. The Labute approximate surface area is 121 Å². The van der Waals surface area contributed by atoms with Gasteiger partial charge in [-0.2, -0.15) is 33.8 Å². The van der Waals surface area contributed by atoms with Gasteiger partial charge in [0.25, 0.3) is 0 Å². The fourth-order valence-electron chi connectivity index (χ4n) is 1.91. The Balaban J connectivity index is 2.00. The van der Waals surface area contributed by atoms with Crippen LogP contribution in [0.4, 0.5) is 13.2 Å². The van der Waals surface area contributed by atoms with E-state index >= 15 is 0 Å². The van der Waals surface area contributed by atoms with Crippen LogP contribution in [0.1, 0.15) is 11.3 Å². The number of hydrogen-bond donors (Lipinski definition) is 1. The van der Waals surface area contributed by atoms with Crippen LogP contribution in [0.3, 0.4) is 0 Å². The maximum absolute atomic E-state index is 12.7. The normalized spacial score (nSPS) is 11.4. The molecule has 0 aliphatic rings. The van der Waals surface area contributed by atoms with Crippen molar-refractivity contribution in [1.82, 2.24) is 25.2 Å². The minimum absolute atomic E-state index is 0.0642. The van der Waals surface area contributed by atoms with Crippen LogP contribution in [0.15, 0.2) is 36.5 Å². The number of rotatable bonds is 2. The van der Waals surface area contributed by atoms with E-state index in [1.807, 2.05) is 6.07 Å². The summed E-state index contributed by atoms with van der Waals surface area (Å²) < 4.78 is 39.4. The van der Waals surface area contributed by atoms with Gasteiger partial charge < -0.3 is 0 Å². The standard InChI is InChI=1S/C13H7F3N6/c14-13(15,16)8-2-1-3-9(6-8)22-5-4-10(20-22)12-11(7-17)18-21-19-12/h1-6H,(H,18,19,21). The van der Waals surface area contributed by atoms with Crippen LogP contribution in [0.2, 0.25) is 0 Å². The Morgan fingerprint density at radius 3 is 2.73 bits per heavy atom. The van der Waals surface area contributed by atoms with Crippen LogP contribution in [0.25, 0.3) is 17.1 Å². The predicted molar refractivity (Wildman–Crippen MR) is 68.7 cm³/mol. The molecule has 3 rings (SSSR count). The van der Waals surface area contributed by atoms with Crippen molar-refractivity contribution in [2.45, 2.75) is 6.18 Å². The van der Waals surface area contributed by atoms with Crippen molar-refractivity contribution in [3.63, 3.8) is 0 Å². The molecule has 0 bridgehead atoms. The maximum atomic E-state index is 12.7. The second kappa shape index (κ2) is 5.00. The Morgan fingerprint density at radius 1 is 1.18 bits per heavy atom. The summed E-state index contributed by atoms with van der Waals surface area (Å²) in [6, 6.07) is 8.17. The number of hydrogen-bond acceptors (Lipinski definition) is 4. The van der Waals surface area contributed by atoms with Gasteiger partial charge in [0.15, 0.2) is 11.4 Å². The molecule has 9 heteroatoms. The van der Waals surface area contributed by atoms with Gasteiger partial charge >= 0.3 is 6.18 Å². The molecule has 0 saturated carbocycles. The van der Waals surface area contributed by atoms with Crippen LogP contribution in [-0.4, -0.2) is 25.2 Å². The fourth-order valence-corrected chi connectivity index (χ4v) is 1.91. The molecule has 1 N–H and O–H groups in total. The molecule has 0 aliphatic heterocycles. The van der Waals surface area contributed by atoms with Gasteiger partial charge in [0.2, 0.25) is 0 Å². The molecule has 0 fully saturated rings. The number of benzene rings is 1. The van der Waals surface area contributed by atoms with Crippen LogP contribution in [0, 0.1) is 11.3 Å². The van der Waals surface area contributed by atoms with Crippen LogP contribution in [-0.2, 0) is 6.18 Å². The lowest BCUT2D eigenvalue weighted by atomic mass is 10.2. The molecule has 2 aromatic heterocycles. The molecule has 0 atom stereocenters. The first-order valence-electron chi connectivity index (χ1n) is 6.03. The first-order chi connectivity index (χ1) is 10.5. The highest BCUT2D eigenvalue weighted by atomic mass is 19.4. The summed E-state index contributed by atoms with van der Waals surface area (Å²) in [5.74, 6) is 0. The van der Waals surface area contributed by atoms with Gasteiger partial charge in [-0.15, -0.1) is 5.10 Å². The van der Waals surface area contributed by atoms with Gasteiger partial charge in [0.05, 0.1) is 11.3 Å². The van der Waals surface area contributed by atoms with Crippen LogP contribution in [0.5, 0.6) is 0 Å². The molecule has 0 spiro atoms. The summed E-state index contributed by atoms with van der Waals surface area (Å²) in [6.07, 6.45) is -2.94. The Morgan fingerprint density at radius 2 is 2.00 bits per heavy atom. The number of aromatic amines is 1. The summed E-state index contributed by atoms with van der Waals surface area (Å²) in [5, 5.41) is 22.8. The number of nitriles is 1. The van der Waals surface area contributed by atoms with E-state index in [9.17, 15) is 13.2 Å². The summed E-state index contributed by atoms with van der Waals surface area (Å²) in [5.41, 5.74) is 0.134. The average molecular weight is 304 g/mol. The van der Waals surface area contributed by atoms with E-state index in [1.54, 1.807) is 6.07 Å². The van der Waals surface area contributed by atoms with Crippen molar-refractivity contribution < 1.29 is 13.2 Å². The summed E-state index contributed by atoms with van der Waals surface area (Å²) >= 11 is 0. The molecule has 0 unspecified atom stereocenters. The van der Waals surface area contributed by atoms with Crippen molar-refractivity contribution in [3.8, 4) is 23.1 Å². The number of nitrogens with zero attached hydrogens (tertiary/aromatic N) is 5. The summed E-state index contributed by atoms with van der Waals surface area (Å²) in [4.78, 5) is 0. The summed E-state index contributed by atoms with van der Waals surface area (Å²) in [7, 11) is 0. The molecule has 110 valence electrons. The highest BCUT2D eigenvalue weighted by molar-refractivity contribution is 5.59.